The summed E-state index contributed by atoms with van der Waals surface area (Å²) in [4.78, 5) is 14.2. The van der Waals surface area contributed by atoms with Gasteiger partial charge in [-0.2, -0.15) is 10.5 Å². The zero-order valence-corrected chi connectivity index (χ0v) is 15.3. The fraction of sp³-hybridized carbons (Fsp3) is 0.174. The third-order valence-corrected chi connectivity index (χ3v) is 4.35. The summed E-state index contributed by atoms with van der Waals surface area (Å²) in [6.45, 7) is 1.15. The van der Waals surface area contributed by atoms with Crippen molar-refractivity contribution in [3.05, 3.63) is 77.4 Å². The first kappa shape index (κ1) is 18.9. The molecule has 28 heavy (non-hydrogen) atoms. The zero-order chi connectivity index (χ0) is 19.8. The van der Waals surface area contributed by atoms with Gasteiger partial charge in [0.1, 0.15) is 5.76 Å². The van der Waals surface area contributed by atoms with E-state index in [0.717, 1.165) is 16.8 Å². The molecule has 2 aromatic carbocycles. The summed E-state index contributed by atoms with van der Waals surface area (Å²) in [5, 5.41) is 17.6. The summed E-state index contributed by atoms with van der Waals surface area (Å²) in [5.41, 5.74) is 3.18. The average molecular weight is 369 g/mol. The van der Waals surface area contributed by atoms with Gasteiger partial charge in [-0.3, -0.25) is 0 Å². The first-order valence-electron chi connectivity index (χ1n) is 9.01. The van der Waals surface area contributed by atoms with Crippen LogP contribution >= 0.6 is 0 Å². The van der Waals surface area contributed by atoms with Crippen molar-refractivity contribution in [1.82, 2.24) is 0 Å². The monoisotopic (exact) mass is 369 g/mol. The summed E-state index contributed by atoms with van der Waals surface area (Å²) in [6.07, 6.45) is 4.33. The lowest BCUT2D eigenvalue weighted by Crippen LogP contribution is -2.25. The molecule has 0 saturated carbocycles. The molecule has 0 fully saturated rings. The fourth-order valence-corrected chi connectivity index (χ4v) is 2.93. The number of cyclic esters (lactones) is 1. The third-order valence-electron chi connectivity index (χ3n) is 4.35. The van der Waals surface area contributed by atoms with Crippen molar-refractivity contribution < 1.29 is 9.53 Å². The van der Waals surface area contributed by atoms with Gasteiger partial charge in [-0.15, -0.1) is 0 Å². The van der Waals surface area contributed by atoms with Crippen LogP contribution in [0, 0.1) is 22.7 Å². The van der Waals surface area contributed by atoms with E-state index in [1.165, 1.54) is 0 Å². The fourth-order valence-electron chi connectivity index (χ4n) is 2.93. The summed E-state index contributed by atoms with van der Waals surface area (Å²) >= 11 is 0. The van der Waals surface area contributed by atoms with Gasteiger partial charge in [0.15, 0.2) is 0 Å². The molecule has 0 radical (unpaired) electrons. The Morgan fingerprint density at radius 2 is 1.57 bits per heavy atom. The highest BCUT2D eigenvalue weighted by Crippen LogP contribution is 2.27. The highest BCUT2D eigenvalue weighted by Gasteiger charge is 2.21. The van der Waals surface area contributed by atoms with E-state index < -0.39 is 0 Å². The first-order valence-corrected chi connectivity index (χ1v) is 9.01. The second-order valence-corrected chi connectivity index (χ2v) is 6.26. The minimum atomic E-state index is -0.368. The second-order valence-electron chi connectivity index (χ2n) is 6.26. The van der Waals surface area contributed by atoms with Gasteiger partial charge in [0, 0.05) is 24.3 Å². The predicted octanol–water partition coefficient (Wildman–Crippen LogP) is 4.30. The molecule has 1 aliphatic heterocycles. The van der Waals surface area contributed by atoms with Crippen molar-refractivity contribution in [2.75, 3.05) is 18.0 Å². The molecule has 2 aromatic rings. The molecular weight excluding hydrogens is 350 g/mol. The minimum absolute atomic E-state index is 0.368. The van der Waals surface area contributed by atoms with Crippen molar-refractivity contribution in [3.63, 3.8) is 0 Å². The normalized spacial score (nSPS) is 14.1. The molecule has 0 unspecified atom stereocenters. The molecule has 0 saturated heterocycles. The van der Waals surface area contributed by atoms with E-state index in [-0.39, 0.29) is 5.97 Å². The molecule has 5 nitrogen and oxygen atoms in total. The number of rotatable bonds is 7. The molecule has 0 aliphatic carbocycles. The number of nitrogens with zero attached hydrogens (tertiary/aromatic N) is 3. The van der Waals surface area contributed by atoms with Crippen molar-refractivity contribution >= 4 is 23.5 Å². The predicted molar refractivity (Wildman–Crippen MR) is 108 cm³/mol. The van der Waals surface area contributed by atoms with Crippen molar-refractivity contribution in [3.8, 4) is 12.1 Å². The number of ether oxygens (including phenoxy) is 1. The van der Waals surface area contributed by atoms with Crippen LogP contribution in [0.15, 0.2) is 66.2 Å². The molecule has 0 bridgehead atoms. The van der Waals surface area contributed by atoms with Gasteiger partial charge in [-0.1, -0.05) is 42.5 Å². The Morgan fingerprint density at radius 1 is 0.929 bits per heavy atom. The third kappa shape index (κ3) is 4.66. The summed E-state index contributed by atoms with van der Waals surface area (Å²) < 4.78 is 5.37. The highest BCUT2D eigenvalue weighted by atomic mass is 16.5. The minimum Gasteiger partial charge on any atom is -0.422 e. The molecule has 0 spiro atoms. The molecule has 1 aliphatic rings. The van der Waals surface area contributed by atoms with E-state index in [1.807, 2.05) is 59.5 Å². The standard InChI is InChI=1S/C23H19N3O2/c24-12-4-14-26(15-5-13-25)21-10-8-18(9-11-21)16-20-17-22(28-23(20)27)19-6-2-1-3-7-19/h1-3,6-11,16-17H,4-5,14-15H2. The first-order chi connectivity index (χ1) is 13.7. The second kappa shape index (κ2) is 9.21. The van der Waals surface area contributed by atoms with E-state index in [0.29, 0.717) is 37.3 Å². The average Bonchev–Trinajstić information content (AvgIpc) is 3.10. The summed E-state index contributed by atoms with van der Waals surface area (Å²) in [6, 6.07) is 21.5. The highest BCUT2D eigenvalue weighted by molar-refractivity contribution is 6.05. The summed E-state index contributed by atoms with van der Waals surface area (Å²) in [7, 11) is 0. The maximum absolute atomic E-state index is 12.2. The molecule has 0 N–H and O–H groups in total. The van der Waals surface area contributed by atoms with Gasteiger partial charge in [-0.25, -0.2) is 4.79 Å². The van der Waals surface area contributed by atoms with Gasteiger partial charge < -0.3 is 9.64 Å². The lowest BCUT2D eigenvalue weighted by atomic mass is 10.1. The zero-order valence-electron chi connectivity index (χ0n) is 15.3. The molecule has 138 valence electrons. The molecule has 0 aromatic heterocycles. The van der Waals surface area contributed by atoms with Crippen LogP contribution in [0.3, 0.4) is 0 Å². The van der Waals surface area contributed by atoms with Gasteiger partial charge in [0.2, 0.25) is 0 Å². The van der Waals surface area contributed by atoms with Crippen LogP contribution in [0.25, 0.3) is 11.8 Å². The molecule has 3 rings (SSSR count). The lowest BCUT2D eigenvalue weighted by Gasteiger charge is -2.22. The Hall–Kier alpha value is -3.83. The van der Waals surface area contributed by atoms with Gasteiger partial charge in [0.25, 0.3) is 0 Å². The van der Waals surface area contributed by atoms with E-state index in [2.05, 4.69) is 12.1 Å². The van der Waals surface area contributed by atoms with Crippen LogP contribution in [-0.4, -0.2) is 19.1 Å². The van der Waals surface area contributed by atoms with Crippen LogP contribution in [0.4, 0.5) is 5.69 Å². The van der Waals surface area contributed by atoms with E-state index in [1.54, 1.807) is 12.2 Å². The molecule has 0 atom stereocenters. The van der Waals surface area contributed by atoms with E-state index >= 15 is 0 Å². The molecule has 5 heteroatoms. The molecular formula is C23H19N3O2. The van der Waals surface area contributed by atoms with Crippen molar-refractivity contribution in [2.24, 2.45) is 0 Å². The largest absolute Gasteiger partial charge is 0.422 e. The van der Waals surface area contributed by atoms with Crippen LogP contribution in [0.1, 0.15) is 24.0 Å². The maximum atomic E-state index is 12.2. The topological polar surface area (TPSA) is 77.1 Å². The quantitative estimate of drug-likeness (QED) is 0.537. The van der Waals surface area contributed by atoms with Gasteiger partial charge in [-0.05, 0) is 29.8 Å². The Balaban J connectivity index is 1.77. The maximum Gasteiger partial charge on any atom is 0.343 e. The smallest absolute Gasteiger partial charge is 0.343 e. The Labute approximate surface area is 164 Å². The van der Waals surface area contributed by atoms with Crippen molar-refractivity contribution in [1.29, 1.82) is 10.5 Å². The van der Waals surface area contributed by atoms with Crippen LogP contribution in [-0.2, 0) is 9.53 Å². The number of carbonyl (C=O) groups is 1. The molecule has 0 amide bonds. The van der Waals surface area contributed by atoms with Crippen molar-refractivity contribution in [2.45, 2.75) is 12.8 Å². The van der Waals surface area contributed by atoms with Crippen LogP contribution in [0.2, 0.25) is 0 Å². The number of nitriles is 2. The van der Waals surface area contributed by atoms with Crippen LogP contribution in [0.5, 0.6) is 0 Å². The molecule has 1 heterocycles. The van der Waals surface area contributed by atoms with Gasteiger partial charge in [0.05, 0.1) is 30.6 Å². The lowest BCUT2D eigenvalue weighted by molar-refractivity contribution is -0.130. The Morgan fingerprint density at radius 3 is 2.18 bits per heavy atom. The van der Waals surface area contributed by atoms with Gasteiger partial charge >= 0.3 is 5.97 Å². The number of benzene rings is 2. The number of esters is 1. The van der Waals surface area contributed by atoms with E-state index in [4.69, 9.17) is 15.3 Å². The van der Waals surface area contributed by atoms with E-state index in [9.17, 15) is 4.79 Å². The number of anilines is 1. The van der Waals surface area contributed by atoms with Crippen LogP contribution < -0.4 is 4.90 Å². The summed E-state index contributed by atoms with van der Waals surface area (Å²) in [5.74, 6) is 0.181. The number of hydrogen-bond donors (Lipinski definition) is 0. The SMILES string of the molecule is N#CCCN(CCC#N)c1ccc(C=C2C=C(c3ccccc3)OC2=O)cc1. The Bertz CT molecular complexity index is 959. The Kier molecular flexibility index (Phi) is 6.23. The number of carbonyl (C=O) groups excluding carboxylic acids is 1. The number of hydrogen-bond acceptors (Lipinski definition) is 5.